The first kappa shape index (κ1) is 39.0. The van der Waals surface area contributed by atoms with Crippen molar-refractivity contribution in [2.45, 2.75) is 57.6 Å². The summed E-state index contributed by atoms with van der Waals surface area (Å²) >= 11 is 7.76. The van der Waals surface area contributed by atoms with E-state index in [1.807, 2.05) is 57.2 Å². The molecule has 3 amide bonds. The maximum atomic E-state index is 14.0. The van der Waals surface area contributed by atoms with Crippen LogP contribution < -0.4 is 15.4 Å². The van der Waals surface area contributed by atoms with Crippen LogP contribution in [-0.4, -0.2) is 85.9 Å². The molecule has 5 rings (SSSR count). The molecule has 4 aromatic rings. The van der Waals surface area contributed by atoms with Crippen LogP contribution in [0.25, 0.3) is 11.3 Å². The third-order valence-corrected chi connectivity index (χ3v) is 10.3. The monoisotopic (exact) mass is 766 g/mol. The number of piperidine rings is 1. The van der Waals surface area contributed by atoms with Crippen LogP contribution in [0.1, 0.15) is 57.1 Å². The Labute approximate surface area is 315 Å². The lowest BCUT2D eigenvalue weighted by Gasteiger charge is -2.35. The number of rotatable bonds is 13. The second-order valence-electron chi connectivity index (χ2n) is 13.9. The second-order valence-corrected chi connectivity index (χ2v) is 17.2. The summed E-state index contributed by atoms with van der Waals surface area (Å²) < 4.78 is 31.7. The van der Waals surface area contributed by atoms with Crippen LogP contribution >= 0.6 is 22.9 Å². The number of nitrogens with one attached hydrogen (secondary N) is 3. The van der Waals surface area contributed by atoms with E-state index in [-0.39, 0.29) is 24.1 Å². The van der Waals surface area contributed by atoms with Crippen LogP contribution in [0.2, 0.25) is 4.34 Å². The molecule has 2 heterocycles. The fraction of sp³-hybridized carbons (Fsp3) is 0.395. The van der Waals surface area contributed by atoms with Gasteiger partial charge in [0, 0.05) is 55.9 Å². The Morgan fingerprint density at radius 3 is 2.23 bits per heavy atom. The molecule has 3 N–H and O–H groups in total. The minimum Gasteiger partial charge on any atom is -0.444 e. The standard InChI is InChI=1S/C38H47ClN6O5S2/c1-38(2,3)50-37(47)45-23-11-16-31(26-45)40-22-25-44(24-21-32(27-12-7-5-8-13-27)28-14-9-6-10-15-28)36(46)42-35-41-33(34(39)51-35)29-17-19-30(20-18-29)43-52(4,48)49/h5-10,12-15,17-20,31-32,40,43H,11,16,21-26H2,1-4H3,(H,41,42,46). The Balaban J connectivity index is 1.29. The van der Waals surface area contributed by atoms with E-state index in [9.17, 15) is 18.0 Å². The number of carbonyl (C=O) groups is 2. The lowest BCUT2D eigenvalue weighted by Crippen LogP contribution is -2.51. The highest BCUT2D eigenvalue weighted by molar-refractivity contribution is 7.92. The topological polar surface area (TPSA) is 133 Å². The van der Waals surface area contributed by atoms with Crippen molar-refractivity contribution in [1.29, 1.82) is 0 Å². The zero-order chi connectivity index (χ0) is 37.3. The van der Waals surface area contributed by atoms with E-state index in [2.05, 4.69) is 44.6 Å². The molecule has 14 heteroatoms. The summed E-state index contributed by atoms with van der Waals surface area (Å²) in [6.07, 6.45) is 3.25. The van der Waals surface area contributed by atoms with Crippen molar-refractivity contribution < 1.29 is 22.7 Å². The molecule has 1 fully saturated rings. The Morgan fingerprint density at radius 1 is 1.00 bits per heavy atom. The average molecular weight is 767 g/mol. The van der Waals surface area contributed by atoms with Gasteiger partial charge in [0.05, 0.1) is 6.26 Å². The number of thiazole rings is 1. The quantitative estimate of drug-likeness (QED) is 0.126. The van der Waals surface area contributed by atoms with Gasteiger partial charge in [-0.05, 0) is 63.3 Å². The Morgan fingerprint density at radius 2 is 1.63 bits per heavy atom. The summed E-state index contributed by atoms with van der Waals surface area (Å²) in [5.74, 6) is 0.0763. The molecular weight excluding hydrogens is 720 g/mol. The molecule has 0 bridgehead atoms. The van der Waals surface area contributed by atoms with Crippen molar-refractivity contribution in [2.24, 2.45) is 0 Å². The molecule has 1 unspecified atom stereocenters. The van der Waals surface area contributed by atoms with Gasteiger partial charge in [-0.25, -0.2) is 23.0 Å². The Bertz CT molecular complexity index is 1850. The van der Waals surface area contributed by atoms with Gasteiger partial charge in [0.2, 0.25) is 10.0 Å². The van der Waals surface area contributed by atoms with Crippen molar-refractivity contribution in [3.63, 3.8) is 0 Å². The van der Waals surface area contributed by atoms with E-state index in [0.717, 1.165) is 30.4 Å². The number of aromatic nitrogens is 1. The molecule has 0 aliphatic carbocycles. The predicted molar refractivity (Wildman–Crippen MR) is 210 cm³/mol. The lowest BCUT2D eigenvalue weighted by molar-refractivity contribution is 0.0187. The van der Waals surface area contributed by atoms with Gasteiger partial charge in [-0.3, -0.25) is 10.0 Å². The number of benzene rings is 3. The first-order chi connectivity index (χ1) is 24.7. The number of ether oxygens (including phenoxy) is 1. The van der Waals surface area contributed by atoms with Crippen LogP contribution in [0.5, 0.6) is 0 Å². The van der Waals surface area contributed by atoms with Crippen LogP contribution in [0.3, 0.4) is 0 Å². The Kier molecular flexibility index (Phi) is 13.2. The molecule has 1 aromatic heterocycles. The third kappa shape index (κ3) is 11.7. The number of amides is 3. The zero-order valence-electron chi connectivity index (χ0n) is 30.0. The van der Waals surface area contributed by atoms with Gasteiger partial charge in [-0.15, -0.1) is 0 Å². The number of hydrogen-bond donors (Lipinski definition) is 3. The molecule has 11 nitrogen and oxygen atoms in total. The number of halogens is 1. The molecule has 52 heavy (non-hydrogen) atoms. The number of likely N-dealkylation sites (tertiary alicyclic amines) is 1. The van der Waals surface area contributed by atoms with Crippen LogP contribution in [-0.2, 0) is 14.8 Å². The lowest BCUT2D eigenvalue weighted by atomic mass is 9.88. The van der Waals surface area contributed by atoms with Crippen molar-refractivity contribution in [3.05, 3.63) is 100 Å². The van der Waals surface area contributed by atoms with E-state index in [1.165, 1.54) is 11.1 Å². The number of anilines is 2. The maximum absolute atomic E-state index is 14.0. The number of urea groups is 1. The van der Waals surface area contributed by atoms with Gasteiger partial charge in [0.25, 0.3) is 0 Å². The van der Waals surface area contributed by atoms with Gasteiger partial charge in [0.15, 0.2) is 5.13 Å². The smallest absolute Gasteiger partial charge is 0.410 e. The van der Waals surface area contributed by atoms with Gasteiger partial charge in [-0.2, -0.15) is 0 Å². The molecule has 0 radical (unpaired) electrons. The Hall–Kier alpha value is -4.17. The fourth-order valence-electron chi connectivity index (χ4n) is 6.15. The molecule has 1 aliphatic rings. The van der Waals surface area contributed by atoms with Gasteiger partial charge in [-0.1, -0.05) is 95.7 Å². The van der Waals surface area contributed by atoms with Crippen LogP contribution in [0, 0.1) is 0 Å². The van der Waals surface area contributed by atoms with E-state index < -0.39 is 15.6 Å². The van der Waals surface area contributed by atoms with Gasteiger partial charge < -0.3 is 19.9 Å². The summed E-state index contributed by atoms with van der Waals surface area (Å²) in [7, 11) is -3.41. The second kappa shape index (κ2) is 17.6. The average Bonchev–Trinajstić information content (AvgIpc) is 3.46. The highest BCUT2D eigenvalue weighted by Gasteiger charge is 2.28. The first-order valence-corrected chi connectivity index (χ1v) is 20.4. The summed E-state index contributed by atoms with van der Waals surface area (Å²) in [4.78, 5) is 34.9. The molecule has 1 saturated heterocycles. The summed E-state index contributed by atoms with van der Waals surface area (Å²) in [6, 6.07) is 27.1. The van der Waals surface area contributed by atoms with E-state index in [1.54, 1.807) is 34.1 Å². The normalized spacial score (nSPS) is 15.0. The SMILES string of the molecule is CC(C)(C)OC(=O)N1CCCC(NCCN(CCC(c2ccccc2)c2ccccc2)C(=O)Nc2nc(-c3ccc(NS(C)(=O)=O)cc3)c(Cl)s2)C1. The third-order valence-electron chi connectivity index (χ3n) is 8.53. The van der Waals surface area contributed by atoms with E-state index in [0.29, 0.717) is 65.6 Å². The predicted octanol–water partition coefficient (Wildman–Crippen LogP) is 7.88. The minimum absolute atomic E-state index is 0.0758. The van der Waals surface area contributed by atoms with Crippen molar-refractivity contribution in [1.82, 2.24) is 20.1 Å². The van der Waals surface area contributed by atoms with E-state index in [4.69, 9.17) is 16.3 Å². The summed E-state index contributed by atoms with van der Waals surface area (Å²) in [6.45, 7) is 8.21. The van der Waals surface area contributed by atoms with Gasteiger partial charge >= 0.3 is 12.1 Å². The highest BCUT2D eigenvalue weighted by atomic mass is 35.5. The summed E-state index contributed by atoms with van der Waals surface area (Å²) in [5.41, 5.74) is 3.37. The van der Waals surface area contributed by atoms with Crippen molar-refractivity contribution in [2.75, 3.05) is 49.0 Å². The largest absolute Gasteiger partial charge is 0.444 e. The molecular formula is C38H47ClN6O5S2. The molecule has 1 aliphatic heterocycles. The number of nitrogens with zero attached hydrogens (tertiary/aromatic N) is 3. The number of sulfonamides is 1. The molecule has 0 saturated carbocycles. The molecule has 1 atom stereocenters. The van der Waals surface area contributed by atoms with E-state index >= 15 is 0 Å². The molecule has 3 aromatic carbocycles. The fourth-order valence-corrected chi connectivity index (χ4v) is 7.79. The van der Waals surface area contributed by atoms with Gasteiger partial charge in [0.1, 0.15) is 15.6 Å². The van der Waals surface area contributed by atoms with Crippen LogP contribution in [0.4, 0.5) is 20.4 Å². The van der Waals surface area contributed by atoms with Crippen molar-refractivity contribution in [3.8, 4) is 11.3 Å². The number of hydrogen-bond acceptors (Lipinski definition) is 8. The summed E-state index contributed by atoms with van der Waals surface area (Å²) in [5, 5.41) is 6.90. The van der Waals surface area contributed by atoms with Crippen molar-refractivity contribution >= 4 is 55.9 Å². The maximum Gasteiger partial charge on any atom is 0.410 e. The highest BCUT2D eigenvalue weighted by Crippen LogP contribution is 2.36. The number of carbonyl (C=O) groups excluding carboxylic acids is 2. The first-order valence-electron chi connectivity index (χ1n) is 17.4. The molecule has 0 spiro atoms. The van der Waals surface area contributed by atoms with Crippen LogP contribution in [0.15, 0.2) is 84.9 Å². The molecule has 278 valence electrons. The minimum atomic E-state index is -3.41. The zero-order valence-corrected chi connectivity index (χ0v) is 32.4.